The van der Waals surface area contributed by atoms with Gasteiger partial charge in [-0.05, 0) is 36.6 Å². The maximum Gasteiger partial charge on any atom is 0.265 e. The van der Waals surface area contributed by atoms with Crippen molar-refractivity contribution in [3.8, 4) is 0 Å². The Balaban J connectivity index is 2.04. The Morgan fingerprint density at radius 3 is 2.71 bits per heavy atom. The van der Waals surface area contributed by atoms with E-state index in [0.29, 0.717) is 15.8 Å². The zero-order valence-electron chi connectivity index (χ0n) is 9.78. The van der Waals surface area contributed by atoms with Crippen molar-refractivity contribution in [2.45, 2.75) is 19.8 Å². The fourth-order valence-corrected chi connectivity index (χ4v) is 3.28. The third-order valence-electron chi connectivity index (χ3n) is 3.25. The van der Waals surface area contributed by atoms with E-state index in [1.165, 1.54) is 11.3 Å². The van der Waals surface area contributed by atoms with Gasteiger partial charge in [0.05, 0.1) is 5.02 Å². The highest BCUT2D eigenvalue weighted by atomic mass is 35.5. The van der Waals surface area contributed by atoms with Gasteiger partial charge in [-0.25, -0.2) is 0 Å². The minimum atomic E-state index is 0.0319. The smallest absolute Gasteiger partial charge is 0.265 e. The molecule has 0 unspecified atom stereocenters. The van der Waals surface area contributed by atoms with Crippen LogP contribution in [0, 0.1) is 12.8 Å². The van der Waals surface area contributed by atoms with E-state index in [1.54, 1.807) is 0 Å². The highest BCUT2D eigenvalue weighted by Crippen LogP contribution is 2.29. The summed E-state index contributed by atoms with van der Waals surface area (Å²) in [5, 5.41) is 11.6. The molecule has 0 aromatic carbocycles. The van der Waals surface area contributed by atoms with E-state index in [2.05, 4.69) is 0 Å². The van der Waals surface area contributed by atoms with E-state index < -0.39 is 0 Å². The number of thiophene rings is 1. The SMILES string of the molecule is Cc1csc(C(=O)N2CCC(CO)CC2)c1Cl. The number of likely N-dealkylation sites (tertiary alicyclic amines) is 1. The number of amides is 1. The topological polar surface area (TPSA) is 40.5 Å². The Hall–Kier alpha value is -0.580. The third-order valence-corrected chi connectivity index (χ3v) is 4.94. The molecular weight excluding hydrogens is 258 g/mol. The Bertz CT molecular complexity index is 411. The van der Waals surface area contributed by atoms with Gasteiger partial charge in [0.25, 0.3) is 5.91 Å². The number of nitrogens with zero attached hydrogens (tertiary/aromatic N) is 1. The van der Waals surface area contributed by atoms with E-state index in [4.69, 9.17) is 16.7 Å². The van der Waals surface area contributed by atoms with Gasteiger partial charge < -0.3 is 10.0 Å². The molecule has 1 aromatic rings. The number of hydrogen-bond donors (Lipinski definition) is 1. The molecule has 0 radical (unpaired) electrons. The number of rotatable bonds is 2. The van der Waals surface area contributed by atoms with Crippen molar-refractivity contribution in [3.05, 3.63) is 20.8 Å². The van der Waals surface area contributed by atoms with E-state index in [-0.39, 0.29) is 12.5 Å². The van der Waals surface area contributed by atoms with Gasteiger partial charge in [-0.2, -0.15) is 0 Å². The normalized spacial score (nSPS) is 17.5. The summed E-state index contributed by atoms with van der Waals surface area (Å²) >= 11 is 7.51. The van der Waals surface area contributed by atoms with Gasteiger partial charge >= 0.3 is 0 Å². The first-order valence-electron chi connectivity index (χ1n) is 5.77. The van der Waals surface area contributed by atoms with Gasteiger partial charge in [-0.3, -0.25) is 4.79 Å². The third kappa shape index (κ3) is 2.64. The van der Waals surface area contributed by atoms with E-state index in [0.717, 1.165) is 31.5 Å². The van der Waals surface area contributed by atoms with Crippen LogP contribution in [0.3, 0.4) is 0 Å². The summed E-state index contributed by atoms with van der Waals surface area (Å²) < 4.78 is 0. The van der Waals surface area contributed by atoms with Crippen molar-refractivity contribution in [2.75, 3.05) is 19.7 Å². The number of aryl methyl sites for hydroxylation is 1. The molecule has 17 heavy (non-hydrogen) atoms. The summed E-state index contributed by atoms with van der Waals surface area (Å²) in [5.74, 6) is 0.379. The Morgan fingerprint density at radius 1 is 1.59 bits per heavy atom. The number of aliphatic hydroxyl groups is 1. The molecule has 1 aliphatic heterocycles. The molecule has 0 spiro atoms. The van der Waals surface area contributed by atoms with Crippen LogP contribution in [0.1, 0.15) is 28.1 Å². The molecular formula is C12H16ClNO2S. The van der Waals surface area contributed by atoms with Crippen molar-refractivity contribution >= 4 is 28.8 Å². The second-order valence-electron chi connectivity index (χ2n) is 4.48. The van der Waals surface area contributed by atoms with E-state index in [9.17, 15) is 4.79 Å². The molecule has 2 heterocycles. The zero-order valence-corrected chi connectivity index (χ0v) is 11.4. The molecule has 0 atom stereocenters. The molecule has 0 bridgehead atoms. The van der Waals surface area contributed by atoms with Crippen molar-refractivity contribution in [3.63, 3.8) is 0 Å². The van der Waals surface area contributed by atoms with Gasteiger partial charge in [0.15, 0.2) is 0 Å². The fourth-order valence-electron chi connectivity index (χ4n) is 2.04. The molecule has 1 N–H and O–H groups in total. The molecule has 0 aliphatic carbocycles. The van der Waals surface area contributed by atoms with Crippen LogP contribution in [-0.4, -0.2) is 35.6 Å². The highest BCUT2D eigenvalue weighted by molar-refractivity contribution is 7.13. The summed E-state index contributed by atoms with van der Waals surface area (Å²) in [6.07, 6.45) is 1.76. The number of hydrogen-bond acceptors (Lipinski definition) is 3. The summed E-state index contributed by atoms with van der Waals surface area (Å²) in [6, 6.07) is 0. The highest BCUT2D eigenvalue weighted by Gasteiger charge is 2.25. The van der Waals surface area contributed by atoms with Crippen LogP contribution in [0.15, 0.2) is 5.38 Å². The van der Waals surface area contributed by atoms with Crippen LogP contribution in [0.4, 0.5) is 0 Å². The quantitative estimate of drug-likeness (QED) is 0.900. The first-order chi connectivity index (χ1) is 8.13. The molecule has 5 heteroatoms. The van der Waals surface area contributed by atoms with Gasteiger partial charge in [-0.1, -0.05) is 11.6 Å². The predicted molar refractivity (Wildman–Crippen MR) is 69.8 cm³/mol. The van der Waals surface area contributed by atoms with E-state index >= 15 is 0 Å². The maximum atomic E-state index is 12.2. The zero-order chi connectivity index (χ0) is 12.4. The number of carbonyl (C=O) groups excluding carboxylic acids is 1. The van der Waals surface area contributed by atoms with Crippen LogP contribution in [-0.2, 0) is 0 Å². The largest absolute Gasteiger partial charge is 0.396 e. The van der Waals surface area contributed by atoms with Crippen LogP contribution in [0.25, 0.3) is 0 Å². The summed E-state index contributed by atoms with van der Waals surface area (Å²) in [6.45, 7) is 3.57. The van der Waals surface area contributed by atoms with Crippen molar-refractivity contribution in [1.29, 1.82) is 0 Å². The van der Waals surface area contributed by atoms with Crippen molar-refractivity contribution in [1.82, 2.24) is 4.90 Å². The number of aliphatic hydroxyl groups excluding tert-OH is 1. The monoisotopic (exact) mass is 273 g/mol. The lowest BCUT2D eigenvalue weighted by molar-refractivity contribution is 0.0655. The lowest BCUT2D eigenvalue weighted by Crippen LogP contribution is -2.39. The maximum absolute atomic E-state index is 12.2. The average molecular weight is 274 g/mol. The minimum Gasteiger partial charge on any atom is -0.396 e. The molecule has 1 aliphatic rings. The Kier molecular flexibility index (Phi) is 4.07. The van der Waals surface area contributed by atoms with Gasteiger partial charge in [-0.15, -0.1) is 11.3 Å². The molecule has 2 rings (SSSR count). The summed E-state index contributed by atoms with van der Waals surface area (Å²) in [4.78, 5) is 14.7. The lowest BCUT2D eigenvalue weighted by atomic mass is 9.98. The number of carbonyl (C=O) groups is 1. The molecule has 1 fully saturated rings. The van der Waals surface area contributed by atoms with Gasteiger partial charge in [0.2, 0.25) is 0 Å². The van der Waals surface area contributed by atoms with Crippen LogP contribution in [0.2, 0.25) is 5.02 Å². The molecule has 0 saturated carbocycles. The standard InChI is InChI=1S/C12H16ClNO2S/c1-8-7-17-11(10(8)13)12(16)14-4-2-9(6-15)3-5-14/h7,9,15H,2-6H2,1H3. The number of halogens is 1. The van der Waals surface area contributed by atoms with Crippen LogP contribution in [0.5, 0.6) is 0 Å². The van der Waals surface area contributed by atoms with Crippen molar-refractivity contribution in [2.24, 2.45) is 5.92 Å². The Morgan fingerprint density at radius 2 is 2.24 bits per heavy atom. The molecule has 1 saturated heterocycles. The molecule has 1 aromatic heterocycles. The fraction of sp³-hybridized carbons (Fsp3) is 0.583. The van der Waals surface area contributed by atoms with Gasteiger partial charge in [0, 0.05) is 19.7 Å². The van der Waals surface area contributed by atoms with Crippen molar-refractivity contribution < 1.29 is 9.90 Å². The molecule has 1 amide bonds. The van der Waals surface area contributed by atoms with Gasteiger partial charge in [0.1, 0.15) is 4.88 Å². The molecule has 3 nitrogen and oxygen atoms in total. The van der Waals surface area contributed by atoms with Crippen LogP contribution < -0.4 is 0 Å². The summed E-state index contributed by atoms with van der Waals surface area (Å²) in [7, 11) is 0. The predicted octanol–water partition coefficient (Wildman–Crippen LogP) is 2.55. The second-order valence-corrected chi connectivity index (χ2v) is 5.74. The minimum absolute atomic E-state index is 0.0319. The Labute approximate surface area is 110 Å². The first-order valence-corrected chi connectivity index (χ1v) is 7.03. The average Bonchev–Trinajstić information content (AvgIpc) is 2.69. The van der Waals surface area contributed by atoms with E-state index in [1.807, 2.05) is 17.2 Å². The van der Waals surface area contributed by atoms with Crippen LogP contribution >= 0.6 is 22.9 Å². The second kappa shape index (κ2) is 5.38. The summed E-state index contributed by atoms with van der Waals surface area (Å²) in [5.41, 5.74) is 0.963. The molecule has 94 valence electrons. The lowest BCUT2D eigenvalue weighted by Gasteiger charge is -2.30. The first kappa shape index (κ1) is 12.9. The number of piperidine rings is 1.